The van der Waals surface area contributed by atoms with Gasteiger partial charge in [-0.3, -0.25) is 0 Å². The predicted molar refractivity (Wildman–Crippen MR) is 227 cm³/mol. The molecular formula is C53H36O. The van der Waals surface area contributed by atoms with E-state index in [2.05, 4.69) is 200 Å². The van der Waals surface area contributed by atoms with Crippen molar-refractivity contribution in [3.05, 3.63) is 229 Å². The highest BCUT2D eigenvalue weighted by Crippen LogP contribution is 2.39. The molecule has 0 fully saturated rings. The van der Waals surface area contributed by atoms with Gasteiger partial charge in [-0.05, 0) is 96.2 Å². The van der Waals surface area contributed by atoms with Crippen LogP contribution in [0.15, 0.2) is 217 Å². The van der Waals surface area contributed by atoms with Crippen molar-refractivity contribution in [3.8, 4) is 44.5 Å². The van der Waals surface area contributed by atoms with Crippen molar-refractivity contribution in [2.75, 3.05) is 0 Å². The highest BCUT2D eigenvalue weighted by Gasteiger charge is 2.20. The molecule has 1 aromatic heterocycles. The minimum atomic E-state index is 0.0468. The second kappa shape index (κ2) is 13.5. The maximum absolute atomic E-state index is 6.12. The number of para-hydroxylation sites is 1. The molecule has 1 nitrogen and oxygen atoms in total. The average molecular weight is 689 g/mol. The highest BCUT2D eigenvalue weighted by atomic mass is 16.3. The molecule has 10 aromatic rings. The average Bonchev–Trinajstić information content (AvgIpc) is 3.63. The van der Waals surface area contributed by atoms with Gasteiger partial charge in [-0.15, -0.1) is 0 Å². The lowest BCUT2D eigenvalue weighted by Gasteiger charge is -2.22. The van der Waals surface area contributed by atoms with E-state index in [1.165, 1.54) is 72.0 Å². The van der Waals surface area contributed by atoms with Gasteiger partial charge in [0, 0.05) is 16.7 Å². The summed E-state index contributed by atoms with van der Waals surface area (Å²) in [6.45, 7) is 0. The second-order valence-electron chi connectivity index (χ2n) is 14.1. The first-order valence-electron chi connectivity index (χ1n) is 18.6. The van der Waals surface area contributed by atoms with E-state index in [1.807, 2.05) is 12.1 Å². The molecule has 1 unspecified atom stereocenters. The molecule has 1 heterocycles. The van der Waals surface area contributed by atoms with Gasteiger partial charge >= 0.3 is 0 Å². The molecule has 0 radical (unpaired) electrons. The third kappa shape index (κ3) is 5.87. The summed E-state index contributed by atoms with van der Waals surface area (Å²) in [7, 11) is 0. The van der Waals surface area contributed by atoms with Crippen molar-refractivity contribution in [2.45, 2.75) is 5.92 Å². The number of benzene rings is 9. The Bertz CT molecular complexity index is 2910. The number of hydrogen-bond acceptors (Lipinski definition) is 1. The zero-order valence-corrected chi connectivity index (χ0v) is 29.7. The van der Waals surface area contributed by atoms with Crippen LogP contribution in [0, 0.1) is 0 Å². The molecule has 10 rings (SSSR count). The van der Waals surface area contributed by atoms with Gasteiger partial charge in [-0.1, -0.05) is 188 Å². The van der Waals surface area contributed by atoms with Crippen molar-refractivity contribution in [3.63, 3.8) is 0 Å². The van der Waals surface area contributed by atoms with E-state index in [4.69, 9.17) is 4.42 Å². The zero-order valence-electron chi connectivity index (χ0n) is 29.7. The summed E-state index contributed by atoms with van der Waals surface area (Å²) in [6.07, 6.45) is 0. The van der Waals surface area contributed by atoms with Crippen molar-refractivity contribution in [1.29, 1.82) is 0 Å². The van der Waals surface area contributed by atoms with Gasteiger partial charge in [0.05, 0.1) is 0 Å². The van der Waals surface area contributed by atoms with E-state index < -0.39 is 0 Å². The third-order valence-corrected chi connectivity index (χ3v) is 10.8. The molecule has 0 bridgehead atoms. The molecule has 0 saturated carbocycles. The molecule has 0 aliphatic heterocycles. The molecule has 9 aromatic carbocycles. The molecule has 0 N–H and O–H groups in total. The van der Waals surface area contributed by atoms with Gasteiger partial charge in [0.1, 0.15) is 11.2 Å². The van der Waals surface area contributed by atoms with Crippen molar-refractivity contribution in [2.24, 2.45) is 0 Å². The summed E-state index contributed by atoms with van der Waals surface area (Å²) in [5.74, 6) is 0.0468. The molecular weight excluding hydrogens is 653 g/mol. The van der Waals surface area contributed by atoms with Crippen LogP contribution in [0.2, 0.25) is 0 Å². The van der Waals surface area contributed by atoms with E-state index in [0.717, 1.165) is 21.9 Å². The Labute approximate surface area is 315 Å². The summed E-state index contributed by atoms with van der Waals surface area (Å²) in [5, 5.41) is 4.82. The van der Waals surface area contributed by atoms with Gasteiger partial charge in [0.25, 0.3) is 0 Å². The van der Waals surface area contributed by atoms with Gasteiger partial charge in [-0.25, -0.2) is 0 Å². The van der Waals surface area contributed by atoms with E-state index in [0.29, 0.717) is 0 Å². The molecule has 0 saturated heterocycles. The van der Waals surface area contributed by atoms with Crippen LogP contribution in [0.1, 0.15) is 22.6 Å². The summed E-state index contributed by atoms with van der Waals surface area (Å²) in [6, 6.07) is 76.9. The minimum absolute atomic E-state index is 0.0468. The molecule has 1 heteroatoms. The van der Waals surface area contributed by atoms with Crippen LogP contribution in [-0.2, 0) is 0 Å². The summed E-state index contributed by atoms with van der Waals surface area (Å²) in [4.78, 5) is 0. The summed E-state index contributed by atoms with van der Waals surface area (Å²) >= 11 is 0. The maximum Gasteiger partial charge on any atom is 0.135 e. The molecule has 1 atom stereocenters. The van der Waals surface area contributed by atoms with Crippen molar-refractivity contribution >= 4 is 32.7 Å². The number of rotatable bonds is 7. The van der Waals surface area contributed by atoms with E-state index in [9.17, 15) is 0 Å². The van der Waals surface area contributed by atoms with Gasteiger partial charge in [-0.2, -0.15) is 0 Å². The Balaban J connectivity index is 1.03. The first-order valence-corrected chi connectivity index (χ1v) is 18.6. The first-order chi connectivity index (χ1) is 26.7. The lowest BCUT2D eigenvalue weighted by atomic mass is 9.81. The van der Waals surface area contributed by atoms with Crippen LogP contribution in [-0.4, -0.2) is 0 Å². The van der Waals surface area contributed by atoms with Gasteiger partial charge in [0.2, 0.25) is 0 Å². The van der Waals surface area contributed by atoms with Crippen LogP contribution in [0.4, 0.5) is 0 Å². The van der Waals surface area contributed by atoms with Crippen LogP contribution < -0.4 is 0 Å². The normalized spacial score (nSPS) is 12.0. The Morgan fingerprint density at radius 2 is 0.778 bits per heavy atom. The lowest BCUT2D eigenvalue weighted by molar-refractivity contribution is 0.669. The van der Waals surface area contributed by atoms with Gasteiger partial charge in [0.15, 0.2) is 0 Å². The summed E-state index contributed by atoms with van der Waals surface area (Å²) < 4.78 is 6.12. The largest absolute Gasteiger partial charge is 0.456 e. The Morgan fingerprint density at radius 1 is 0.278 bits per heavy atom. The lowest BCUT2D eigenvalue weighted by Crippen LogP contribution is -2.04. The molecule has 254 valence electrons. The van der Waals surface area contributed by atoms with Gasteiger partial charge < -0.3 is 4.42 Å². The Morgan fingerprint density at radius 3 is 1.54 bits per heavy atom. The second-order valence-corrected chi connectivity index (χ2v) is 14.1. The number of hydrogen-bond donors (Lipinski definition) is 0. The fourth-order valence-electron chi connectivity index (χ4n) is 8.09. The van der Waals surface area contributed by atoms with Crippen LogP contribution in [0.5, 0.6) is 0 Å². The van der Waals surface area contributed by atoms with Crippen LogP contribution in [0.25, 0.3) is 77.2 Å². The highest BCUT2D eigenvalue weighted by molar-refractivity contribution is 6.06. The third-order valence-electron chi connectivity index (χ3n) is 10.8. The molecule has 54 heavy (non-hydrogen) atoms. The van der Waals surface area contributed by atoms with Crippen molar-refractivity contribution < 1.29 is 4.42 Å². The molecule has 0 aliphatic carbocycles. The van der Waals surface area contributed by atoms with Crippen LogP contribution in [0.3, 0.4) is 0 Å². The number of furan rings is 1. The smallest absolute Gasteiger partial charge is 0.135 e. The fourth-order valence-corrected chi connectivity index (χ4v) is 8.09. The maximum atomic E-state index is 6.12. The van der Waals surface area contributed by atoms with E-state index in [1.54, 1.807) is 0 Å². The monoisotopic (exact) mass is 688 g/mol. The Kier molecular flexibility index (Phi) is 7.96. The van der Waals surface area contributed by atoms with E-state index >= 15 is 0 Å². The SMILES string of the molecule is c1ccc(-c2ccc(-c3ccc(C(c4cccc(-c5cccc(-c6ccc7oc8ccccc8c7c6)c5)c4)c4cccc5ccccc45)cc3)cc2)cc1. The topological polar surface area (TPSA) is 13.1 Å². The van der Waals surface area contributed by atoms with E-state index in [-0.39, 0.29) is 5.92 Å². The minimum Gasteiger partial charge on any atom is -0.456 e. The number of fused-ring (bicyclic) bond motifs is 4. The first kappa shape index (κ1) is 31.7. The predicted octanol–water partition coefficient (Wildman–Crippen LogP) is 14.6. The van der Waals surface area contributed by atoms with Crippen LogP contribution >= 0.6 is 0 Å². The summed E-state index contributed by atoms with van der Waals surface area (Å²) in [5.41, 5.74) is 15.3. The fraction of sp³-hybridized carbons (Fsp3) is 0.0189. The molecule has 0 aliphatic rings. The molecule has 0 amide bonds. The Hall–Kier alpha value is -6.96. The zero-order chi connectivity index (χ0) is 35.8. The standard InChI is InChI=1S/C53H36O/c1-2-11-36(12-3-1)37-23-25-38(26-24-37)39-27-29-41(30-28-39)53(49-21-10-14-40-13-4-5-19-47(40)49)46-18-9-17-44(34-46)42-15-8-16-43(33-42)45-31-32-52-50(35-45)48-20-6-7-22-51(48)54-52/h1-35,53H. The van der Waals surface area contributed by atoms with Crippen molar-refractivity contribution in [1.82, 2.24) is 0 Å². The quantitative estimate of drug-likeness (QED) is 0.152. The molecule has 0 spiro atoms.